The number of anilines is 1. The highest BCUT2D eigenvalue weighted by Gasteiger charge is 2.47. The van der Waals surface area contributed by atoms with E-state index in [0.29, 0.717) is 11.4 Å². The van der Waals surface area contributed by atoms with E-state index in [1.54, 1.807) is 32.9 Å². The zero-order chi connectivity index (χ0) is 19.7. The molecular formula is C17H24N4O5. The maximum atomic E-state index is 12.6. The molecule has 2 atom stereocenters. The van der Waals surface area contributed by atoms with E-state index in [4.69, 9.17) is 4.74 Å². The third-order valence-electron chi connectivity index (χ3n) is 4.02. The molecular weight excluding hydrogens is 340 g/mol. The fraction of sp³-hybridized carbons (Fsp3) is 0.529. The van der Waals surface area contributed by atoms with Crippen LogP contribution in [0.1, 0.15) is 33.3 Å². The maximum absolute atomic E-state index is 12.6. The Morgan fingerprint density at radius 3 is 2.62 bits per heavy atom. The number of nitrogens with zero attached hydrogens (tertiary/aromatic N) is 2. The largest absolute Gasteiger partial charge is 0.478 e. The van der Waals surface area contributed by atoms with Gasteiger partial charge in [0.25, 0.3) is 0 Å². The average molecular weight is 364 g/mol. The molecule has 2 amide bonds. The lowest BCUT2D eigenvalue weighted by Gasteiger charge is -2.31. The van der Waals surface area contributed by atoms with Gasteiger partial charge >= 0.3 is 12.1 Å². The van der Waals surface area contributed by atoms with E-state index in [9.17, 15) is 19.5 Å². The molecule has 1 aliphatic rings. The number of hydrogen-bond acceptors (Lipinski definition) is 6. The predicted molar refractivity (Wildman–Crippen MR) is 93.5 cm³/mol. The van der Waals surface area contributed by atoms with Crippen molar-refractivity contribution in [1.82, 2.24) is 15.2 Å². The fourth-order valence-corrected chi connectivity index (χ4v) is 2.47. The minimum Gasteiger partial charge on any atom is -0.478 e. The lowest BCUT2D eigenvalue weighted by Crippen LogP contribution is -2.62. The summed E-state index contributed by atoms with van der Waals surface area (Å²) in [5.74, 6) is -1.46. The van der Waals surface area contributed by atoms with Crippen molar-refractivity contribution in [3.63, 3.8) is 0 Å². The highest BCUT2D eigenvalue weighted by molar-refractivity contribution is 5.94. The van der Waals surface area contributed by atoms with E-state index in [2.05, 4.69) is 15.6 Å². The third kappa shape index (κ3) is 4.04. The number of nitrogens with one attached hydrogen (secondary N) is 2. The van der Waals surface area contributed by atoms with Crippen molar-refractivity contribution in [2.75, 3.05) is 12.4 Å². The molecule has 0 fully saturated rings. The second kappa shape index (κ2) is 6.81. The van der Waals surface area contributed by atoms with E-state index in [1.807, 2.05) is 0 Å². The third-order valence-corrected chi connectivity index (χ3v) is 4.02. The number of hydrogen-bond donors (Lipinski definition) is 3. The van der Waals surface area contributed by atoms with Crippen LogP contribution in [0.4, 0.5) is 10.6 Å². The van der Waals surface area contributed by atoms with Crippen LogP contribution in [0.25, 0.3) is 0 Å². The average Bonchev–Trinajstić information content (AvgIpc) is 2.91. The first kappa shape index (κ1) is 19.5. The van der Waals surface area contributed by atoms with Gasteiger partial charge in [-0.15, -0.1) is 0 Å². The minimum absolute atomic E-state index is 0.0418. The van der Waals surface area contributed by atoms with Gasteiger partial charge in [0.05, 0.1) is 0 Å². The van der Waals surface area contributed by atoms with Gasteiger partial charge in [-0.05, 0) is 39.3 Å². The Bertz CT molecular complexity index is 703. The number of carboxylic acids is 1. The lowest BCUT2D eigenvalue weighted by molar-refractivity contribution is -0.146. The second-order valence-electron chi connectivity index (χ2n) is 7.28. The highest BCUT2D eigenvalue weighted by Crippen LogP contribution is 2.29. The van der Waals surface area contributed by atoms with Gasteiger partial charge in [-0.25, -0.2) is 14.6 Å². The number of pyridine rings is 1. The summed E-state index contributed by atoms with van der Waals surface area (Å²) < 4.78 is 5.23. The van der Waals surface area contributed by atoms with Gasteiger partial charge in [0.15, 0.2) is 0 Å². The maximum Gasteiger partial charge on any atom is 0.410 e. The van der Waals surface area contributed by atoms with Crippen LogP contribution >= 0.6 is 0 Å². The first-order chi connectivity index (χ1) is 11.9. The number of carbonyl (C=O) groups is 3. The van der Waals surface area contributed by atoms with Crippen LogP contribution in [0.15, 0.2) is 18.3 Å². The number of aliphatic carboxylic acids is 1. The quantitative estimate of drug-likeness (QED) is 0.734. The van der Waals surface area contributed by atoms with Crippen molar-refractivity contribution in [3.8, 4) is 0 Å². The molecule has 0 spiro atoms. The number of fused-ring (bicyclic) bond motifs is 1. The summed E-state index contributed by atoms with van der Waals surface area (Å²) in [5, 5.41) is 14.9. The Kier molecular flexibility index (Phi) is 5.11. The van der Waals surface area contributed by atoms with E-state index in [0.717, 1.165) is 4.90 Å². The number of carbonyl (C=O) groups excluding carboxylic acids is 2. The molecule has 0 saturated carbocycles. The zero-order valence-electron chi connectivity index (χ0n) is 15.5. The van der Waals surface area contributed by atoms with Gasteiger partial charge in [0.2, 0.25) is 11.6 Å². The number of aromatic nitrogens is 1. The molecule has 1 aromatic rings. The smallest absolute Gasteiger partial charge is 0.410 e. The summed E-state index contributed by atoms with van der Waals surface area (Å²) in [5.41, 5.74) is -1.73. The molecule has 0 aliphatic carbocycles. The number of rotatable bonds is 4. The summed E-state index contributed by atoms with van der Waals surface area (Å²) in [7, 11) is 1.42. The Labute approximate surface area is 151 Å². The fourth-order valence-electron chi connectivity index (χ4n) is 2.47. The molecule has 2 rings (SSSR count). The molecule has 0 unspecified atom stereocenters. The number of amides is 2. The van der Waals surface area contributed by atoms with Crippen molar-refractivity contribution >= 4 is 23.8 Å². The standard InChI is InChI=1S/C17H24N4O5/c1-10(21(5)15(25)26-16(2,3)4)13(22)20-17(14(23)24)9-11-7-6-8-18-12(11)19-17/h6-8,10H,9H2,1-5H3,(H,18,19)(H,20,22)(H,23,24)/t10-,17-/m0/s1. The molecule has 142 valence electrons. The van der Waals surface area contributed by atoms with Crippen molar-refractivity contribution < 1.29 is 24.2 Å². The summed E-state index contributed by atoms with van der Waals surface area (Å²) in [6.45, 7) is 6.65. The van der Waals surface area contributed by atoms with Gasteiger partial charge in [0.1, 0.15) is 17.5 Å². The van der Waals surface area contributed by atoms with Crippen LogP contribution in [0, 0.1) is 0 Å². The molecule has 3 N–H and O–H groups in total. The Hall–Kier alpha value is -2.84. The molecule has 1 aromatic heterocycles. The zero-order valence-corrected chi connectivity index (χ0v) is 15.5. The van der Waals surface area contributed by atoms with Gasteiger partial charge in [-0.1, -0.05) is 6.07 Å². The van der Waals surface area contributed by atoms with Crippen molar-refractivity contribution in [2.45, 2.75) is 51.4 Å². The van der Waals surface area contributed by atoms with Gasteiger partial charge in [-0.2, -0.15) is 0 Å². The summed E-state index contributed by atoms with van der Waals surface area (Å²) in [6.07, 6.45) is 0.902. The van der Waals surface area contributed by atoms with Gasteiger partial charge in [0, 0.05) is 19.7 Å². The Morgan fingerprint density at radius 2 is 2.08 bits per heavy atom. The molecule has 1 aliphatic heterocycles. The molecule has 0 bridgehead atoms. The summed E-state index contributed by atoms with van der Waals surface area (Å²) >= 11 is 0. The van der Waals surface area contributed by atoms with E-state index < -0.39 is 35.3 Å². The Morgan fingerprint density at radius 1 is 1.42 bits per heavy atom. The van der Waals surface area contributed by atoms with Crippen molar-refractivity contribution in [2.24, 2.45) is 0 Å². The first-order valence-corrected chi connectivity index (χ1v) is 8.18. The highest BCUT2D eigenvalue weighted by atomic mass is 16.6. The monoisotopic (exact) mass is 364 g/mol. The molecule has 0 aromatic carbocycles. The van der Waals surface area contributed by atoms with Crippen molar-refractivity contribution in [1.29, 1.82) is 0 Å². The van der Waals surface area contributed by atoms with Gasteiger partial charge in [-0.3, -0.25) is 9.69 Å². The van der Waals surface area contributed by atoms with Crippen LogP contribution in [-0.4, -0.2) is 57.3 Å². The second-order valence-corrected chi connectivity index (χ2v) is 7.28. The predicted octanol–water partition coefficient (Wildman–Crippen LogP) is 1.20. The first-order valence-electron chi connectivity index (χ1n) is 8.18. The van der Waals surface area contributed by atoms with Gasteiger partial charge < -0.3 is 20.5 Å². The van der Waals surface area contributed by atoms with E-state index in [-0.39, 0.29) is 6.42 Å². The van der Waals surface area contributed by atoms with Crippen LogP contribution in [0.2, 0.25) is 0 Å². The SMILES string of the molecule is C[C@@H](C(=O)N[C@]1(C(=O)O)Cc2cccnc2N1)N(C)C(=O)OC(C)(C)C. The number of ether oxygens (including phenoxy) is 1. The molecule has 0 saturated heterocycles. The van der Waals surface area contributed by atoms with E-state index in [1.165, 1.54) is 20.2 Å². The van der Waals surface area contributed by atoms with Crippen molar-refractivity contribution in [3.05, 3.63) is 23.9 Å². The van der Waals surface area contributed by atoms with Crippen LogP contribution < -0.4 is 10.6 Å². The van der Waals surface area contributed by atoms with Crippen LogP contribution in [0.5, 0.6) is 0 Å². The molecule has 9 heteroatoms. The van der Waals surface area contributed by atoms with E-state index >= 15 is 0 Å². The number of likely N-dealkylation sites (N-methyl/N-ethyl adjacent to an activating group) is 1. The Balaban J connectivity index is 2.12. The minimum atomic E-state index is -1.71. The molecule has 2 heterocycles. The number of carboxylic acid groups (broad SMARTS) is 1. The summed E-state index contributed by atoms with van der Waals surface area (Å²) in [6, 6.07) is 2.50. The normalized spacial score (nSPS) is 19.7. The molecule has 0 radical (unpaired) electrons. The van der Waals surface area contributed by atoms with Crippen LogP contribution in [0.3, 0.4) is 0 Å². The molecule has 9 nitrogen and oxygen atoms in total. The lowest BCUT2D eigenvalue weighted by atomic mass is 10.0. The molecule has 26 heavy (non-hydrogen) atoms. The topological polar surface area (TPSA) is 121 Å². The van der Waals surface area contributed by atoms with Crippen LogP contribution in [-0.2, 0) is 20.7 Å². The summed E-state index contributed by atoms with van der Waals surface area (Å²) in [4.78, 5) is 41.7.